The molecular weight excluding hydrogens is 345 g/mol. The van der Waals surface area contributed by atoms with E-state index in [-0.39, 0.29) is 12.8 Å². The molecule has 2 heterocycles. The second-order valence-corrected chi connectivity index (χ2v) is 6.64. The van der Waals surface area contributed by atoms with Gasteiger partial charge in [0, 0.05) is 25.7 Å². The Bertz CT molecular complexity index is 667. The van der Waals surface area contributed by atoms with E-state index in [1.807, 2.05) is 23.1 Å². The number of nitrogens with zero attached hydrogens (tertiary/aromatic N) is 3. The van der Waals surface area contributed by atoms with Crippen LogP contribution < -0.4 is 10.2 Å². The number of aromatic nitrogens is 2. The van der Waals surface area contributed by atoms with E-state index in [1.54, 1.807) is 6.07 Å². The largest absolute Gasteiger partial charge is 0.391 e. The highest BCUT2D eigenvalue weighted by Gasteiger charge is 2.41. The predicted octanol–water partition coefficient (Wildman–Crippen LogP) is 3.30. The molecule has 0 bridgehead atoms. The number of halogens is 3. The zero-order valence-corrected chi connectivity index (χ0v) is 14.4. The minimum absolute atomic E-state index is 0.0788. The fourth-order valence-corrected chi connectivity index (χ4v) is 3.25. The Kier molecular flexibility index (Phi) is 5.80. The van der Waals surface area contributed by atoms with E-state index in [9.17, 15) is 18.3 Å². The summed E-state index contributed by atoms with van der Waals surface area (Å²) >= 11 is 0. The summed E-state index contributed by atoms with van der Waals surface area (Å²) < 4.78 is 38.3. The fraction of sp³-hybridized carbons (Fsp3) is 0.556. The topological polar surface area (TPSA) is 61.3 Å². The van der Waals surface area contributed by atoms with Gasteiger partial charge in [-0.1, -0.05) is 18.2 Å². The third kappa shape index (κ3) is 4.75. The average Bonchev–Trinajstić information content (AvgIpc) is 2.66. The number of allylic oxidation sites excluding steroid dienone is 2. The van der Waals surface area contributed by atoms with Gasteiger partial charge >= 0.3 is 6.18 Å². The SMILES string of the molecule is OC(CNc1cc(N2CCC(C(F)(F)F)CC2)ncn1)C1=CCCC=C1. The van der Waals surface area contributed by atoms with Gasteiger partial charge in [-0.2, -0.15) is 13.2 Å². The molecule has 8 heteroatoms. The number of anilines is 2. The van der Waals surface area contributed by atoms with Crippen molar-refractivity contribution in [1.82, 2.24) is 9.97 Å². The van der Waals surface area contributed by atoms with Crippen LogP contribution in [0, 0.1) is 5.92 Å². The lowest BCUT2D eigenvalue weighted by Crippen LogP contribution is -2.39. The van der Waals surface area contributed by atoms with Gasteiger partial charge in [0.15, 0.2) is 0 Å². The monoisotopic (exact) mass is 368 g/mol. The molecule has 2 N–H and O–H groups in total. The molecule has 2 aliphatic rings. The maximum atomic E-state index is 12.8. The van der Waals surface area contributed by atoms with E-state index in [2.05, 4.69) is 15.3 Å². The summed E-state index contributed by atoms with van der Waals surface area (Å²) in [6.07, 6.45) is 4.68. The fourth-order valence-electron chi connectivity index (χ4n) is 3.25. The summed E-state index contributed by atoms with van der Waals surface area (Å²) in [6, 6.07) is 1.71. The molecule has 3 rings (SSSR count). The summed E-state index contributed by atoms with van der Waals surface area (Å²) in [5.74, 6) is -0.0769. The van der Waals surface area contributed by atoms with Gasteiger partial charge in [0.25, 0.3) is 0 Å². The van der Waals surface area contributed by atoms with Crippen LogP contribution in [0.5, 0.6) is 0 Å². The molecule has 1 atom stereocenters. The van der Waals surface area contributed by atoms with E-state index >= 15 is 0 Å². The van der Waals surface area contributed by atoms with Crippen LogP contribution in [0.25, 0.3) is 0 Å². The number of aliphatic hydroxyl groups is 1. The summed E-state index contributed by atoms with van der Waals surface area (Å²) in [5.41, 5.74) is 0.882. The highest BCUT2D eigenvalue weighted by molar-refractivity contribution is 5.49. The molecule has 1 aliphatic heterocycles. The molecule has 5 nitrogen and oxygen atoms in total. The average molecular weight is 368 g/mol. The molecule has 0 spiro atoms. The zero-order valence-electron chi connectivity index (χ0n) is 14.4. The standard InChI is InChI=1S/C18H23F3N4O/c19-18(20,21)14-6-8-25(9-7-14)17-10-16(23-12-24-17)22-11-15(26)13-4-2-1-3-5-13/h2,4-5,10,12,14-15,26H,1,3,6-9,11H2,(H,22,23,24). The highest BCUT2D eigenvalue weighted by atomic mass is 19.4. The Morgan fingerprint density at radius 3 is 2.65 bits per heavy atom. The van der Waals surface area contributed by atoms with Gasteiger partial charge in [0.05, 0.1) is 12.0 Å². The van der Waals surface area contributed by atoms with Gasteiger partial charge in [-0.25, -0.2) is 9.97 Å². The molecule has 0 saturated carbocycles. The maximum Gasteiger partial charge on any atom is 0.391 e. The summed E-state index contributed by atoms with van der Waals surface area (Å²) in [4.78, 5) is 10.1. The Morgan fingerprint density at radius 2 is 2.00 bits per heavy atom. The normalized spacial score (nSPS) is 20.0. The van der Waals surface area contributed by atoms with Crippen molar-refractivity contribution in [3.63, 3.8) is 0 Å². The lowest BCUT2D eigenvalue weighted by atomic mass is 9.96. The van der Waals surface area contributed by atoms with Crippen LogP contribution in [0.2, 0.25) is 0 Å². The van der Waals surface area contributed by atoms with Crippen LogP contribution in [0.1, 0.15) is 25.7 Å². The molecule has 1 unspecified atom stereocenters. The van der Waals surface area contributed by atoms with Crippen LogP contribution in [-0.4, -0.2) is 47.0 Å². The second kappa shape index (κ2) is 8.07. The first-order chi connectivity index (χ1) is 12.4. The van der Waals surface area contributed by atoms with Crippen molar-refractivity contribution in [1.29, 1.82) is 0 Å². The minimum atomic E-state index is -4.12. The van der Waals surface area contributed by atoms with Crippen molar-refractivity contribution in [2.75, 3.05) is 29.9 Å². The molecule has 0 aromatic carbocycles. The van der Waals surface area contributed by atoms with Gasteiger partial charge in [0.2, 0.25) is 0 Å². The number of alkyl halides is 3. The minimum Gasteiger partial charge on any atom is -0.387 e. The molecule has 1 aromatic rings. The zero-order chi connectivity index (χ0) is 18.6. The first kappa shape index (κ1) is 18.7. The van der Waals surface area contributed by atoms with Crippen molar-refractivity contribution >= 4 is 11.6 Å². The van der Waals surface area contributed by atoms with E-state index in [0.29, 0.717) is 31.3 Å². The molecule has 1 aromatic heterocycles. The van der Waals surface area contributed by atoms with Gasteiger partial charge in [0.1, 0.15) is 18.0 Å². The Balaban J connectivity index is 1.55. The van der Waals surface area contributed by atoms with Gasteiger partial charge in [-0.15, -0.1) is 0 Å². The van der Waals surface area contributed by atoms with Gasteiger partial charge in [-0.3, -0.25) is 0 Å². The predicted molar refractivity (Wildman–Crippen MR) is 94.0 cm³/mol. The highest BCUT2D eigenvalue weighted by Crippen LogP contribution is 2.35. The van der Waals surface area contributed by atoms with Gasteiger partial charge < -0.3 is 15.3 Å². The lowest BCUT2D eigenvalue weighted by molar-refractivity contribution is -0.179. The van der Waals surface area contributed by atoms with Gasteiger partial charge in [-0.05, 0) is 31.3 Å². The lowest BCUT2D eigenvalue weighted by Gasteiger charge is -2.33. The van der Waals surface area contributed by atoms with E-state index < -0.39 is 18.2 Å². The Hall–Kier alpha value is -2.09. The third-order valence-electron chi connectivity index (χ3n) is 4.82. The Labute approximate surface area is 150 Å². The first-order valence-electron chi connectivity index (χ1n) is 8.85. The van der Waals surface area contributed by atoms with Crippen molar-refractivity contribution < 1.29 is 18.3 Å². The molecule has 26 heavy (non-hydrogen) atoms. The molecular formula is C18H23F3N4O. The summed E-state index contributed by atoms with van der Waals surface area (Å²) in [5, 5.41) is 13.3. The van der Waals surface area contributed by atoms with Crippen molar-refractivity contribution in [3.8, 4) is 0 Å². The van der Waals surface area contributed by atoms with Crippen LogP contribution >= 0.6 is 0 Å². The quantitative estimate of drug-likeness (QED) is 0.835. The number of hydrogen-bond acceptors (Lipinski definition) is 5. The number of rotatable bonds is 5. The van der Waals surface area contributed by atoms with Crippen molar-refractivity contribution in [3.05, 3.63) is 36.2 Å². The molecule has 0 radical (unpaired) electrons. The van der Waals surface area contributed by atoms with Crippen LogP contribution in [0.15, 0.2) is 36.2 Å². The molecule has 0 amide bonds. The number of hydrogen-bond donors (Lipinski definition) is 2. The summed E-state index contributed by atoms with van der Waals surface area (Å²) in [6.45, 7) is 0.949. The number of aliphatic hydroxyl groups excluding tert-OH is 1. The van der Waals surface area contributed by atoms with E-state index in [0.717, 1.165) is 18.4 Å². The van der Waals surface area contributed by atoms with Crippen molar-refractivity contribution in [2.24, 2.45) is 5.92 Å². The third-order valence-corrected chi connectivity index (χ3v) is 4.82. The van der Waals surface area contributed by atoms with E-state index in [4.69, 9.17) is 0 Å². The molecule has 142 valence electrons. The van der Waals surface area contributed by atoms with Crippen molar-refractivity contribution in [2.45, 2.75) is 38.0 Å². The smallest absolute Gasteiger partial charge is 0.387 e. The second-order valence-electron chi connectivity index (χ2n) is 6.64. The maximum absolute atomic E-state index is 12.8. The van der Waals surface area contributed by atoms with Crippen LogP contribution in [-0.2, 0) is 0 Å². The number of nitrogens with one attached hydrogen (secondary N) is 1. The molecule has 1 aliphatic carbocycles. The first-order valence-corrected chi connectivity index (χ1v) is 8.85. The number of piperidine rings is 1. The Morgan fingerprint density at radius 1 is 1.23 bits per heavy atom. The van der Waals surface area contributed by atoms with Crippen LogP contribution in [0.3, 0.4) is 0 Å². The van der Waals surface area contributed by atoms with Crippen LogP contribution in [0.4, 0.5) is 24.8 Å². The van der Waals surface area contributed by atoms with E-state index in [1.165, 1.54) is 6.33 Å². The molecule has 1 saturated heterocycles. The molecule has 1 fully saturated rings. The summed E-state index contributed by atoms with van der Waals surface area (Å²) in [7, 11) is 0.